The van der Waals surface area contributed by atoms with Crippen LogP contribution in [0.2, 0.25) is 0 Å². The van der Waals surface area contributed by atoms with Crippen LogP contribution in [0.5, 0.6) is 5.75 Å². The van der Waals surface area contributed by atoms with Crippen molar-refractivity contribution in [1.29, 1.82) is 0 Å². The van der Waals surface area contributed by atoms with E-state index in [4.69, 9.17) is 4.74 Å². The number of hydrogen-bond donors (Lipinski definition) is 1. The van der Waals surface area contributed by atoms with E-state index in [1.54, 1.807) is 20.9 Å². The van der Waals surface area contributed by atoms with Gasteiger partial charge in [0.25, 0.3) is 0 Å². The number of likely N-dealkylation sites (N-methyl/N-ethyl adjacent to an activating group) is 1. The van der Waals surface area contributed by atoms with E-state index in [1.807, 2.05) is 0 Å². The molecule has 0 saturated carbocycles. The summed E-state index contributed by atoms with van der Waals surface area (Å²) in [5.74, 6) is 0.173. The van der Waals surface area contributed by atoms with Gasteiger partial charge in [0.05, 0.1) is 35.7 Å². The molecule has 1 fully saturated rings. The fraction of sp³-hybridized carbons (Fsp3) is 0.611. The van der Waals surface area contributed by atoms with Gasteiger partial charge in [0, 0.05) is 26.2 Å². The molecule has 1 N–H and O–H groups in total. The monoisotopic (exact) mass is 447 g/mol. The number of benzene rings is 1. The Hall–Kier alpha value is -1.85. The number of anilines is 1. The average molecular weight is 448 g/mol. The van der Waals surface area contributed by atoms with Crippen molar-refractivity contribution in [3.63, 3.8) is 0 Å². The first kappa shape index (κ1) is 23.4. The number of rotatable bonds is 9. The minimum absolute atomic E-state index is 0.0316. The van der Waals surface area contributed by atoms with Crippen LogP contribution in [-0.4, -0.2) is 83.3 Å². The van der Waals surface area contributed by atoms with Crippen LogP contribution in [0.1, 0.15) is 20.3 Å². The van der Waals surface area contributed by atoms with Gasteiger partial charge in [-0.05, 0) is 24.6 Å². The molecule has 1 aliphatic heterocycles. The van der Waals surface area contributed by atoms with Crippen LogP contribution in [0, 0.1) is 0 Å². The number of nitrogens with one attached hydrogen (secondary N) is 1. The van der Waals surface area contributed by atoms with Crippen LogP contribution >= 0.6 is 0 Å². The second-order valence-corrected chi connectivity index (χ2v) is 11.0. The molecule has 1 saturated heterocycles. The standard InChI is InChI=1S/C18H29N3O6S2/c1-5-21(6-2)29(25,26)15-7-8-17(27-4)16(11-15)19-12-18(22)20(3)14-9-10-28(23,24)13-14/h7-8,11,14,19H,5-6,9-10,12-13H2,1-4H3. The van der Waals surface area contributed by atoms with E-state index in [2.05, 4.69) is 5.32 Å². The fourth-order valence-electron chi connectivity index (χ4n) is 3.28. The lowest BCUT2D eigenvalue weighted by atomic mass is 10.2. The number of carbonyl (C=O) groups excluding carboxylic acids is 1. The average Bonchev–Trinajstić information content (AvgIpc) is 3.05. The Balaban J connectivity index is 2.16. The number of sulfone groups is 1. The lowest BCUT2D eigenvalue weighted by Crippen LogP contribution is -2.40. The molecule has 29 heavy (non-hydrogen) atoms. The SMILES string of the molecule is CCN(CC)S(=O)(=O)c1ccc(OC)c(NCC(=O)N(C)C2CCS(=O)(=O)C2)c1. The van der Waals surface area contributed by atoms with Crippen molar-refractivity contribution in [3.05, 3.63) is 18.2 Å². The smallest absolute Gasteiger partial charge is 0.243 e. The van der Waals surface area contributed by atoms with E-state index in [9.17, 15) is 21.6 Å². The number of sulfonamides is 1. The Bertz CT molecular complexity index is 942. The number of nitrogens with zero attached hydrogens (tertiary/aromatic N) is 2. The van der Waals surface area contributed by atoms with Crippen molar-refractivity contribution in [1.82, 2.24) is 9.21 Å². The van der Waals surface area contributed by atoms with Crippen molar-refractivity contribution in [2.45, 2.75) is 31.2 Å². The third-order valence-corrected chi connectivity index (χ3v) is 8.89. The number of amides is 1. The van der Waals surface area contributed by atoms with Gasteiger partial charge in [-0.3, -0.25) is 4.79 Å². The van der Waals surface area contributed by atoms with Crippen molar-refractivity contribution in [2.24, 2.45) is 0 Å². The molecule has 1 heterocycles. The van der Waals surface area contributed by atoms with Gasteiger partial charge < -0.3 is 15.0 Å². The number of methoxy groups -OCH3 is 1. The van der Waals surface area contributed by atoms with E-state index >= 15 is 0 Å². The van der Waals surface area contributed by atoms with Crippen molar-refractivity contribution < 1.29 is 26.4 Å². The second-order valence-electron chi connectivity index (χ2n) is 6.87. The van der Waals surface area contributed by atoms with E-state index in [0.717, 1.165) is 0 Å². The van der Waals surface area contributed by atoms with Gasteiger partial charge in [-0.1, -0.05) is 13.8 Å². The summed E-state index contributed by atoms with van der Waals surface area (Å²) in [6, 6.07) is 4.11. The Morgan fingerprint density at radius 3 is 2.45 bits per heavy atom. The maximum absolute atomic E-state index is 12.8. The highest BCUT2D eigenvalue weighted by Gasteiger charge is 2.32. The molecule has 0 aromatic heterocycles. The molecule has 1 unspecified atom stereocenters. The van der Waals surface area contributed by atoms with Crippen LogP contribution < -0.4 is 10.1 Å². The van der Waals surface area contributed by atoms with Gasteiger partial charge in [-0.15, -0.1) is 0 Å². The first-order valence-corrected chi connectivity index (χ1v) is 12.7. The molecule has 1 atom stereocenters. The first-order chi connectivity index (χ1) is 13.6. The largest absolute Gasteiger partial charge is 0.495 e. The quantitative estimate of drug-likeness (QED) is 0.595. The lowest BCUT2D eigenvalue weighted by molar-refractivity contribution is -0.129. The first-order valence-electron chi connectivity index (χ1n) is 9.43. The Kier molecular flexibility index (Phi) is 7.52. The zero-order valence-corrected chi connectivity index (χ0v) is 18.8. The van der Waals surface area contributed by atoms with Crippen molar-refractivity contribution in [3.8, 4) is 5.75 Å². The van der Waals surface area contributed by atoms with Crippen molar-refractivity contribution >= 4 is 31.5 Å². The summed E-state index contributed by atoms with van der Waals surface area (Å²) in [5, 5.41) is 2.93. The predicted molar refractivity (Wildman–Crippen MR) is 111 cm³/mol. The maximum atomic E-state index is 12.8. The molecule has 1 aromatic rings. The Morgan fingerprint density at radius 2 is 1.93 bits per heavy atom. The van der Waals surface area contributed by atoms with E-state index in [1.165, 1.54) is 34.5 Å². The molecular formula is C18H29N3O6S2. The van der Waals surface area contributed by atoms with E-state index in [0.29, 0.717) is 30.9 Å². The molecule has 0 bridgehead atoms. The zero-order chi connectivity index (χ0) is 21.8. The molecule has 0 aliphatic carbocycles. The molecular weight excluding hydrogens is 418 g/mol. The Labute approximate surface area is 173 Å². The highest BCUT2D eigenvalue weighted by Crippen LogP contribution is 2.29. The van der Waals surface area contributed by atoms with Gasteiger partial charge in [0.15, 0.2) is 9.84 Å². The number of hydrogen-bond acceptors (Lipinski definition) is 7. The van der Waals surface area contributed by atoms with Crippen LogP contribution in [0.25, 0.3) is 0 Å². The molecule has 1 amide bonds. The minimum Gasteiger partial charge on any atom is -0.495 e. The van der Waals surface area contributed by atoms with Crippen molar-refractivity contribution in [2.75, 3.05) is 50.6 Å². The second kappa shape index (κ2) is 9.31. The van der Waals surface area contributed by atoms with Gasteiger partial charge in [0.1, 0.15) is 5.75 Å². The van der Waals surface area contributed by atoms with Crippen LogP contribution in [0.15, 0.2) is 23.1 Å². The molecule has 2 rings (SSSR count). The summed E-state index contributed by atoms with van der Waals surface area (Å²) >= 11 is 0. The lowest BCUT2D eigenvalue weighted by Gasteiger charge is -2.24. The number of carbonyl (C=O) groups is 1. The minimum atomic E-state index is -3.65. The fourth-order valence-corrected chi connectivity index (χ4v) is 6.54. The molecule has 9 nitrogen and oxygen atoms in total. The third kappa shape index (κ3) is 5.40. The van der Waals surface area contributed by atoms with Crippen LogP contribution in [-0.2, 0) is 24.7 Å². The summed E-state index contributed by atoms with van der Waals surface area (Å²) in [7, 11) is -3.71. The summed E-state index contributed by atoms with van der Waals surface area (Å²) < 4.78 is 55.4. The third-order valence-electron chi connectivity index (χ3n) is 5.09. The normalized spacial score (nSPS) is 18.6. The summed E-state index contributed by atoms with van der Waals surface area (Å²) in [6.07, 6.45) is 0.422. The van der Waals surface area contributed by atoms with Crippen LogP contribution in [0.4, 0.5) is 5.69 Å². The summed E-state index contributed by atoms with van der Waals surface area (Å²) in [6.45, 7) is 4.11. The molecule has 1 aromatic carbocycles. The topological polar surface area (TPSA) is 113 Å². The van der Waals surface area contributed by atoms with Gasteiger partial charge in [-0.25, -0.2) is 16.8 Å². The zero-order valence-electron chi connectivity index (χ0n) is 17.2. The van der Waals surface area contributed by atoms with Gasteiger partial charge in [-0.2, -0.15) is 4.31 Å². The maximum Gasteiger partial charge on any atom is 0.243 e. The summed E-state index contributed by atoms with van der Waals surface area (Å²) in [4.78, 5) is 14.0. The molecule has 1 aliphatic rings. The summed E-state index contributed by atoms with van der Waals surface area (Å²) in [5.41, 5.74) is 0.376. The van der Waals surface area contributed by atoms with E-state index < -0.39 is 19.9 Å². The molecule has 11 heteroatoms. The van der Waals surface area contributed by atoms with Gasteiger partial charge in [0.2, 0.25) is 15.9 Å². The van der Waals surface area contributed by atoms with Gasteiger partial charge >= 0.3 is 0 Å². The van der Waals surface area contributed by atoms with E-state index in [-0.39, 0.29) is 34.9 Å². The molecule has 164 valence electrons. The molecule has 0 radical (unpaired) electrons. The predicted octanol–water partition coefficient (Wildman–Crippen LogP) is 0.783. The Morgan fingerprint density at radius 1 is 1.28 bits per heavy atom. The molecule has 0 spiro atoms. The number of ether oxygens (including phenoxy) is 1. The highest BCUT2D eigenvalue weighted by atomic mass is 32.2. The highest BCUT2D eigenvalue weighted by molar-refractivity contribution is 7.91. The van der Waals surface area contributed by atoms with Crippen LogP contribution in [0.3, 0.4) is 0 Å².